The Morgan fingerprint density at radius 2 is 1.71 bits per heavy atom. The fourth-order valence-electron chi connectivity index (χ4n) is 2.52. The van der Waals surface area contributed by atoms with Crippen molar-refractivity contribution in [2.75, 3.05) is 12.4 Å². The molecule has 0 heterocycles. The minimum absolute atomic E-state index is 0.300. The molecule has 1 aliphatic carbocycles. The van der Waals surface area contributed by atoms with E-state index < -0.39 is 15.6 Å². The standard InChI is InChI=1S/C14H19F2NO3S/c1-20-12-6-2-10(3-7-12)17-11-4-8-13(9-5-11)21(18,19)14(15)16/h4-5,8-10,12,14,17H,2-3,6-7H2,1H3. The zero-order valence-corrected chi connectivity index (χ0v) is 12.6. The third-order valence-corrected chi connectivity index (χ3v) is 5.19. The van der Waals surface area contributed by atoms with Gasteiger partial charge in [0.1, 0.15) is 0 Å². The van der Waals surface area contributed by atoms with Crippen LogP contribution < -0.4 is 5.32 Å². The third kappa shape index (κ3) is 3.91. The Kier molecular flexibility index (Phi) is 5.16. The first-order valence-electron chi connectivity index (χ1n) is 6.85. The van der Waals surface area contributed by atoms with Gasteiger partial charge in [0.15, 0.2) is 0 Å². The SMILES string of the molecule is COC1CCC(Nc2ccc(S(=O)(=O)C(F)F)cc2)CC1. The average molecular weight is 319 g/mol. The number of methoxy groups -OCH3 is 1. The normalized spacial score (nSPS) is 23.2. The van der Waals surface area contributed by atoms with E-state index in [0.717, 1.165) is 31.4 Å². The van der Waals surface area contributed by atoms with Crippen LogP contribution in [0.2, 0.25) is 0 Å². The van der Waals surface area contributed by atoms with Crippen molar-refractivity contribution in [2.24, 2.45) is 0 Å². The second-order valence-electron chi connectivity index (χ2n) is 5.18. The van der Waals surface area contributed by atoms with Crippen LogP contribution in [0.3, 0.4) is 0 Å². The number of hydrogen-bond donors (Lipinski definition) is 1. The van der Waals surface area contributed by atoms with Gasteiger partial charge in [0.2, 0.25) is 9.84 Å². The molecule has 0 amide bonds. The summed E-state index contributed by atoms with van der Waals surface area (Å²) in [5.41, 5.74) is 0.740. The predicted octanol–water partition coefficient (Wildman–Crippen LogP) is 3.05. The molecule has 0 spiro atoms. The van der Waals surface area contributed by atoms with E-state index in [1.807, 2.05) is 0 Å². The summed E-state index contributed by atoms with van der Waals surface area (Å²) < 4.78 is 52.8. The molecule has 4 nitrogen and oxygen atoms in total. The highest BCUT2D eigenvalue weighted by atomic mass is 32.2. The lowest BCUT2D eigenvalue weighted by atomic mass is 9.93. The summed E-state index contributed by atoms with van der Waals surface area (Å²) in [6, 6.07) is 5.78. The van der Waals surface area contributed by atoms with Crippen LogP contribution in [0.15, 0.2) is 29.2 Å². The van der Waals surface area contributed by atoms with E-state index in [9.17, 15) is 17.2 Å². The topological polar surface area (TPSA) is 55.4 Å². The van der Waals surface area contributed by atoms with Crippen molar-refractivity contribution in [1.29, 1.82) is 0 Å². The molecule has 1 fully saturated rings. The van der Waals surface area contributed by atoms with Crippen molar-refractivity contribution >= 4 is 15.5 Å². The van der Waals surface area contributed by atoms with E-state index in [1.54, 1.807) is 7.11 Å². The lowest BCUT2D eigenvalue weighted by Gasteiger charge is -2.28. The fourth-order valence-corrected chi connectivity index (χ4v) is 3.24. The molecule has 1 N–H and O–H groups in total. The Labute approximate surface area is 123 Å². The molecular formula is C14H19F2NO3S. The van der Waals surface area contributed by atoms with E-state index in [-0.39, 0.29) is 4.90 Å². The summed E-state index contributed by atoms with van der Waals surface area (Å²) in [6.07, 6.45) is 4.20. The number of sulfone groups is 1. The Morgan fingerprint density at radius 3 is 2.19 bits per heavy atom. The smallest absolute Gasteiger partial charge is 0.341 e. The molecule has 1 aromatic carbocycles. The lowest BCUT2D eigenvalue weighted by Crippen LogP contribution is -2.29. The van der Waals surface area contributed by atoms with Crippen molar-refractivity contribution in [3.63, 3.8) is 0 Å². The summed E-state index contributed by atoms with van der Waals surface area (Å²) in [6.45, 7) is 0. The van der Waals surface area contributed by atoms with Gasteiger partial charge < -0.3 is 10.1 Å². The average Bonchev–Trinajstić information content (AvgIpc) is 2.48. The number of hydrogen-bond acceptors (Lipinski definition) is 4. The van der Waals surface area contributed by atoms with Gasteiger partial charge in [-0.1, -0.05) is 0 Å². The van der Waals surface area contributed by atoms with Gasteiger partial charge in [-0.05, 0) is 49.9 Å². The van der Waals surface area contributed by atoms with E-state index in [0.29, 0.717) is 12.1 Å². The van der Waals surface area contributed by atoms with Crippen molar-refractivity contribution in [3.8, 4) is 0 Å². The molecule has 0 bridgehead atoms. The molecule has 7 heteroatoms. The van der Waals surface area contributed by atoms with Gasteiger partial charge in [-0.15, -0.1) is 0 Å². The monoisotopic (exact) mass is 319 g/mol. The van der Waals surface area contributed by atoms with Crippen LogP contribution in [0.25, 0.3) is 0 Å². The van der Waals surface area contributed by atoms with Crippen LogP contribution in [0.1, 0.15) is 25.7 Å². The van der Waals surface area contributed by atoms with Gasteiger partial charge in [0.25, 0.3) is 0 Å². The largest absolute Gasteiger partial charge is 0.382 e. The van der Waals surface area contributed by atoms with E-state index >= 15 is 0 Å². The van der Waals surface area contributed by atoms with Crippen LogP contribution in [0.5, 0.6) is 0 Å². The van der Waals surface area contributed by atoms with Gasteiger partial charge in [0.05, 0.1) is 11.0 Å². The quantitative estimate of drug-likeness (QED) is 0.906. The highest BCUT2D eigenvalue weighted by molar-refractivity contribution is 7.91. The number of ether oxygens (including phenoxy) is 1. The van der Waals surface area contributed by atoms with Crippen LogP contribution in [0.4, 0.5) is 14.5 Å². The lowest BCUT2D eigenvalue weighted by molar-refractivity contribution is 0.0682. The predicted molar refractivity (Wildman–Crippen MR) is 76.3 cm³/mol. The Balaban J connectivity index is 1.97. The second kappa shape index (κ2) is 6.70. The minimum Gasteiger partial charge on any atom is -0.382 e. The molecule has 21 heavy (non-hydrogen) atoms. The summed E-state index contributed by atoms with van der Waals surface area (Å²) in [4.78, 5) is -0.355. The number of benzene rings is 1. The molecule has 1 saturated carbocycles. The molecule has 118 valence electrons. The molecular weight excluding hydrogens is 300 g/mol. The van der Waals surface area contributed by atoms with Crippen LogP contribution >= 0.6 is 0 Å². The van der Waals surface area contributed by atoms with Gasteiger partial charge in [-0.2, -0.15) is 8.78 Å². The summed E-state index contributed by atoms with van der Waals surface area (Å²) in [7, 11) is -2.81. The van der Waals surface area contributed by atoms with Crippen LogP contribution in [-0.4, -0.2) is 33.4 Å². The first-order valence-corrected chi connectivity index (χ1v) is 8.39. The second-order valence-corrected chi connectivity index (χ2v) is 7.10. The number of halogens is 2. The number of anilines is 1. The maximum absolute atomic E-state index is 12.4. The molecule has 0 radical (unpaired) electrons. The maximum Gasteiger partial charge on any atom is 0.341 e. The van der Waals surface area contributed by atoms with Crippen LogP contribution in [0, 0.1) is 0 Å². The van der Waals surface area contributed by atoms with Gasteiger partial charge in [0, 0.05) is 18.8 Å². The molecule has 0 unspecified atom stereocenters. The maximum atomic E-state index is 12.4. The summed E-state index contributed by atoms with van der Waals surface area (Å²) in [5.74, 6) is -3.39. The summed E-state index contributed by atoms with van der Waals surface area (Å²) >= 11 is 0. The Morgan fingerprint density at radius 1 is 1.14 bits per heavy atom. The molecule has 0 aliphatic heterocycles. The first kappa shape index (κ1) is 16.2. The molecule has 1 aromatic rings. The minimum atomic E-state index is -4.52. The molecule has 2 rings (SSSR count). The highest BCUT2D eigenvalue weighted by Gasteiger charge is 2.26. The molecule has 0 aromatic heterocycles. The molecule has 1 aliphatic rings. The van der Waals surface area contributed by atoms with Crippen LogP contribution in [-0.2, 0) is 14.6 Å². The number of nitrogens with one attached hydrogen (secondary N) is 1. The summed E-state index contributed by atoms with van der Waals surface area (Å²) in [5, 5.41) is 3.30. The highest BCUT2D eigenvalue weighted by Crippen LogP contribution is 2.25. The third-order valence-electron chi connectivity index (χ3n) is 3.80. The van der Waals surface area contributed by atoms with Crippen molar-refractivity contribution < 1.29 is 21.9 Å². The fraction of sp³-hybridized carbons (Fsp3) is 0.571. The van der Waals surface area contributed by atoms with Gasteiger partial charge >= 0.3 is 5.76 Å². The molecule has 0 atom stereocenters. The van der Waals surface area contributed by atoms with E-state index in [1.165, 1.54) is 24.3 Å². The van der Waals surface area contributed by atoms with Crippen molar-refractivity contribution in [3.05, 3.63) is 24.3 Å². The first-order chi connectivity index (χ1) is 9.93. The van der Waals surface area contributed by atoms with Gasteiger partial charge in [-0.3, -0.25) is 0 Å². The van der Waals surface area contributed by atoms with Gasteiger partial charge in [-0.25, -0.2) is 8.42 Å². The zero-order valence-electron chi connectivity index (χ0n) is 11.8. The van der Waals surface area contributed by atoms with Crippen molar-refractivity contribution in [2.45, 2.75) is 48.5 Å². The Bertz CT molecular complexity index is 552. The Hall–Kier alpha value is -1.21. The zero-order chi connectivity index (χ0) is 15.5. The molecule has 0 saturated heterocycles. The van der Waals surface area contributed by atoms with E-state index in [4.69, 9.17) is 4.74 Å². The van der Waals surface area contributed by atoms with Crippen molar-refractivity contribution in [1.82, 2.24) is 0 Å². The number of alkyl halides is 2. The van der Waals surface area contributed by atoms with E-state index in [2.05, 4.69) is 5.32 Å². The number of rotatable bonds is 5.